The van der Waals surface area contributed by atoms with Crippen molar-refractivity contribution in [2.45, 2.75) is 19.5 Å². The van der Waals surface area contributed by atoms with Crippen LogP contribution in [0.4, 0.5) is 5.69 Å². The van der Waals surface area contributed by atoms with Crippen LogP contribution >= 0.6 is 11.3 Å². The lowest BCUT2D eigenvalue weighted by Crippen LogP contribution is -2.14. The number of anilines is 1. The van der Waals surface area contributed by atoms with Crippen LogP contribution in [0.1, 0.15) is 23.4 Å². The number of para-hydroxylation sites is 1. The highest BCUT2D eigenvalue weighted by Gasteiger charge is 2.09. The van der Waals surface area contributed by atoms with Gasteiger partial charge in [0.1, 0.15) is 0 Å². The molecule has 0 fully saturated rings. The molecule has 0 saturated heterocycles. The summed E-state index contributed by atoms with van der Waals surface area (Å²) in [7, 11) is 4.19. The third-order valence-corrected chi connectivity index (χ3v) is 3.90. The Kier molecular flexibility index (Phi) is 4.39. The number of rotatable bonds is 5. The molecule has 2 nitrogen and oxygen atoms in total. The molecule has 0 aliphatic rings. The number of nitrogens with zero attached hydrogens (tertiary/aromatic N) is 1. The Balaban J connectivity index is 2.13. The molecule has 1 atom stereocenters. The van der Waals surface area contributed by atoms with E-state index in [2.05, 4.69) is 73.0 Å². The summed E-state index contributed by atoms with van der Waals surface area (Å²) in [5, 5.41) is 5.73. The molecule has 0 aliphatic heterocycles. The molecule has 3 heteroatoms. The standard InChI is InChI=1S/C15H20N2S/c1-12(15-9-6-10-18-15)16-14-8-5-4-7-13(14)11-17(2)3/h4-10,12,16H,11H2,1-3H3. The molecule has 1 unspecified atom stereocenters. The van der Waals surface area contributed by atoms with Crippen LogP contribution in [0.25, 0.3) is 0 Å². The fourth-order valence-corrected chi connectivity index (χ4v) is 2.72. The zero-order chi connectivity index (χ0) is 13.0. The molecule has 1 heterocycles. The van der Waals surface area contributed by atoms with E-state index >= 15 is 0 Å². The van der Waals surface area contributed by atoms with Gasteiger partial charge < -0.3 is 10.2 Å². The lowest BCUT2D eigenvalue weighted by atomic mass is 10.1. The largest absolute Gasteiger partial charge is 0.377 e. The first-order valence-electron chi connectivity index (χ1n) is 6.19. The fourth-order valence-electron chi connectivity index (χ4n) is 1.98. The van der Waals surface area contributed by atoms with Crippen LogP contribution in [0.5, 0.6) is 0 Å². The van der Waals surface area contributed by atoms with Crippen molar-refractivity contribution in [2.75, 3.05) is 19.4 Å². The molecule has 0 bridgehead atoms. The van der Waals surface area contributed by atoms with Crippen LogP contribution in [0, 0.1) is 0 Å². The van der Waals surface area contributed by atoms with Gasteiger partial charge in [0.25, 0.3) is 0 Å². The summed E-state index contributed by atoms with van der Waals surface area (Å²) in [4.78, 5) is 3.56. The second-order valence-electron chi connectivity index (χ2n) is 4.78. The van der Waals surface area contributed by atoms with E-state index in [0.29, 0.717) is 6.04 Å². The number of nitrogens with one attached hydrogen (secondary N) is 1. The first kappa shape index (κ1) is 13.1. The summed E-state index contributed by atoms with van der Waals surface area (Å²) in [5.74, 6) is 0. The van der Waals surface area contributed by atoms with Crippen molar-refractivity contribution in [3.05, 3.63) is 52.2 Å². The topological polar surface area (TPSA) is 15.3 Å². The molecular formula is C15H20N2S. The van der Waals surface area contributed by atoms with Crippen molar-refractivity contribution in [3.63, 3.8) is 0 Å². The van der Waals surface area contributed by atoms with E-state index in [4.69, 9.17) is 0 Å². The molecule has 0 radical (unpaired) electrons. The minimum atomic E-state index is 0.355. The lowest BCUT2D eigenvalue weighted by Gasteiger charge is -2.19. The van der Waals surface area contributed by atoms with Crippen LogP contribution in [-0.2, 0) is 6.54 Å². The highest BCUT2D eigenvalue weighted by Crippen LogP contribution is 2.25. The van der Waals surface area contributed by atoms with E-state index in [0.717, 1.165) is 6.54 Å². The minimum absolute atomic E-state index is 0.355. The van der Waals surface area contributed by atoms with Crippen LogP contribution < -0.4 is 5.32 Å². The summed E-state index contributed by atoms with van der Waals surface area (Å²) < 4.78 is 0. The van der Waals surface area contributed by atoms with Crippen molar-refractivity contribution in [1.29, 1.82) is 0 Å². The third kappa shape index (κ3) is 3.34. The number of hydrogen-bond acceptors (Lipinski definition) is 3. The molecule has 18 heavy (non-hydrogen) atoms. The molecule has 96 valence electrons. The Bertz CT molecular complexity index is 477. The van der Waals surface area contributed by atoms with Gasteiger partial charge in [-0.15, -0.1) is 11.3 Å². The maximum Gasteiger partial charge on any atom is 0.0578 e. The van der Waals surface area contributed by atoms with Gasteiger partial charge in [-0.1, -0.05) is 24.3 Å². The van der Waals surface area contributed by atoms with Crippen LogP contribution in [0.3, 0.4) is 0 Å². The Morgan fingerprint density at radius 1 is 1.17 bits per heavy atom. The summed E-state index contributed by atoms with van der Waals surface area (Å²) in [6.07, 6.45) is 0. The quantitative estimate of drug-likeness (QED) is 0.874. The van der Waals surface area contributed by atoms with Gasteiger partial charge >= 0.3 is 0 Å². The molecule has 1 aromatic heterocycles. The van der Waals surface area contributed by atoms with Crippen molar-refractivity contribution in [2.24, 2.45) is 0 Å². The SMILES string of the molecule is CC(Nc1ccccc1CN(C)C)c1cccs1. The highest BCUT2D eigenvalue weighted by molar-refractivity contribution is 7.10. The maximum atomic E-state index is 3.60. The Morgan fingerprint density at radius 3 is 2.61 bits per heavy atom. The van der Waals surface area contributed by atoms with Crippen LogP contribution in [-0.4, -0.2) is 19.0 Å². The predicted molar refractivity (Wildman–Crippen MR) is 80.2 cm³/mol. The summed E-state index contributed by atoms with van der Waals surface area (Å²) in [5.41, 5.74) is 2.57. The van der Waals surface area contributed by atoms with E-state index in [1.807, 2.05) is 0 Å². The lowest BCUT2D eigenvalue weighted by molar-refractivity contribution is 0.403. The van der Waals surface area contributed by atoms with Gasteiger partial charge in [0.2, 0.25) is 0 Å². The first-order chi connectivity index (χ1) is 8.66. The first-order valence-corrected chi connectivity index (χ1v) is 7.07. The van der Waals surface area contributed by atoms with E-state index < -0.39 is 0 Å². The number of benzene rings is 1. The van der Waals surface area contributed by atoms with Gasteiger partial charge in [-0.05, 0) is 44.1 Å². The Hall–Kier alpha value is -1.32. The molecule has 0 amide bonds. The molecule has 0 aliphatic carbocycles. The molecule has 2 rings (SSSR count). The van der Waals surface area contributed by atoms with Crippen LogP contribution in [0.15, 0.2) is 41.8 Å². The summed E-state index contributed by atoms with van der Waals surface area (Å²) in [6.45, 7) is 3.17. The maximum absolute atomic E-state index is 3.60. The minimum Gasteiger partial charge on any atom is -0.377 e. The third-order valence-electron chi connectivity index (χ3n) is 2.85. The normalized spacial score (nSPS) is 12.7. The smallest absolute Gasteiger partial charge is 0.0578 e. The highest BCUT2D eigenvalue weighted by atomic mass is 32.1. The molecule has 0 spiro atoms. The van der Waals surface area contributed by atoms with Gasteiger partial charge in [0, 0.05) is 17.1 Å². The van der Waals surface area contributed by atoms with Crippen molar-refractivity contribution in [1.82, 2.24) is 4.90 Å². The van der Waals surface area contributed by atoms with Crippen molar-refractivity contribution < 1.29 is 0 Å². The van der Waals surface area contributed by atoms with Crippen LogP contribution in [0.2, 0.25) is 0 Å². The Morgan fingerprint density at radius 2 is 1.94 bits per heavy atom. The molecule has 0 saturated carbocycles. The van der Waals surface area contributed by atoms with Gasteiger partial charge in [-0.3, -0.25) is 0 Å². The van der Waals surface area contributed by atoms with E-state index in [-0.39, 0.29) is 0 Å². The molecular weight excluding hydrogens is 240 g/mol. The summed E-state index contributed by atoms with van der Waals surface area (Å²) in [6, 6.07) is 13.2. The van der Waals surface area contributed by atoms with Gasteiger partial charge in [0.15, 0.2) is 0 Å². The molecule has 1 N–H and O–H groups in total. The monoisotopic (exact) mass is 260 g/mol. The van der Waals surface area contributed by atoms with Crippen molar-refractivity contribution >= 4 is 17.0 Å². The molecule has 2 aromatic rings. The Labute approximate surface area is 113 Å². The van der Waals surface area contributed by atoms with E-state index in [1.54, 1.807) is 11.3 Å². The van der Waals surface area contributed by atoms with Gasteiger partial charge in [-0.25, -0.2) is 0 Å². The van der Waals surface area contributed by atoms with Crippen molar-refractivity contribution in [3.8, 4) is 0 Å². The number of hydrogen-bond donors (Lipinski definition) is 1. The van der Waals surface area contributed by atoms with E-state index in [9.17, 15) is 0 Å². The van der Waals surface area contributed by atoms with Gasteiger partial charge in [-0.2, -0.15) is 0 Å². The number of thiophene rings is 1. The molecule has 1 aromatic carbocycles. The van der Waals surface area contributed by atoms with Gasteiger partial charge in [0.05, 0.1) is 6.04 Å². The average Bonchev–Trinajstić information content (AvgIpc) is 2.84. The zero-order valence-electron chi connectivity index (χ0n) is 11.2. The summed E-state index contributed by atoms with van der Waals surface area (Å²) >= 11 is 1.80. The second-order valence-corrected chi connectivity index (χ2v) is 5.76. The van der Waals surface area contributed by atoms with E-state index in [1.165, 1.54) is 16.1 Å². The zero-order valence-corrected chi connectivity index (χ0v) is 12.0. The second kappa shape index (κ2) is 6.03. The fraction of sp³-hybridized carbons (Fsp3) is 0.333. The predicted octanol–water partition coefficient (Wildman–Crippen LogP) is 3.98. The average molecular weight is 260 g/mol.